The van der Waals surface area contributed by atoms with Gasteiger partial charge in [0.1, 0.15) is 11.4 Å². The van der Waals surface area contributed by atoms with Crippen molar-refractivity contribution < 1.29 is 9.84 Å². The van der Waals surface area contributed by atoms with Crippen LogP contribution in [0.3, 0.4) is 0 Å². The van der Waals surface area contributed by atoms with Crippen LogP contribution in [0.5, 0.6) is 5.75 Å². The molecule has 1 atom stereocenters. The average Bonchev–Trinajstić information content (AvgIpc) is 2.88. The van der Waals surface area contributed by atoms with E-state index >= 15 is 0 Å². The number of hydrogen-bond donors (Lipinski definition) is 1. The Bertz CT molecular complexity index is 547. The van der Waals surface area contributed by atoms with Crippen LogP contribution in [-0.4, -0.2) is 22.0 Å². The molecule has 0 saturated heterocycles. The van der Waals surface area contributed by atoms with Crippen LogP contribution in [0.4, 0.5) is 0 Å². The van der Waals surface area contributed by atoms with Gasteiger partial charge in [0.15, 0.2) is 0 Å². The number of benzene rings is 1. The largest absolute Gasteiger partial charge is 0.497 e. The van der Waals surface area contributed by atoms with E-state index in [0.29, 0.717) is 0 Å². The molecule has 102 valence electrons. The standard InChI is InChI=1S/C15H20N2O2/c1-4-8-17-11-13(10-16-17)15(2,18)12-6-5-7-14(9-12)19-3/h5-7,9-11,18H,4,8H2,1-3H3. The normalized spacial score (nSPS) is 14.1. The van der Waals surface area contributed by atoms with Gasteiger partial charge in [0.05, 0.1) is 13.3 Å². The van der Waals surface area contributed by atoms with Gasteiger partial charge in [-0.1, -0.05) is 19.1 Å². The molecule has 0 spiro atoms. The van der Waals surface area contributed by atoms with E-state index in [9.17, 15) is 5.11 Å². The first kappa shape index (κ1) is 13.6. The minimum absolute atomic E-state index is 0.735. The Morgan fingerprint density at radius 1 is 1.37 bits per heavy atom. The summed E-state index contributed by atoms with van der Waals surface area (Å²) in [6.45, 7) is 4.73. The number of nitrogens with zero attached hydrogens (tertiary/aromatic N) is 2. The summed E-state index contributed by atoms with van der Waals surface area (Å²) >= 11 is 0. The van der Waals surface area contributed by atoms with E-state index < -0.39 is 5.60 Å². The van der Waals surface area contributed by atoms with Crippen molar-refractivity contribution in [3.63, 3.8) is 0 Å². The molecular weight excluding hydrogens is 240 g/mol. The fourth-order valence-electron chi connectivity index (χ4n) is 2.06. The molecule has 1 aromatic carbocycles. The quantitative estimate of drug-likeness (QED) is 0.898. The Morgan fingerprint density at radius 2 is 2.16 bits per heavy atom. The summed E-state index contributed by atoms with van der Waals surface area (Å²) < 4.78 is 7.05. The molecule has 0 bridgehead atoms. The molecule has 1 unspecified atom stereocenters. The number of rotatable bonds is 5. The maximum Gasteiger partial charge on any atom is 0.119 e. The van der Waals surface area contributed by atoms with Crippen molar-refractivity contribution in [3.8, 4) is 5.75 Å². The Labute approximate surface area is 113 Å². The van der Waals surface area contributed by atoms with E-state index in [2.05, 4.69) is 12.0 Å². The Hall–Kier alpha value is -1.81. The number of aliphatic hydroxyl groups is 1. The Balaban J connectivity index is 2.33. The third kappa shape index (κ3) is 2.79. The molecule has 0 amide bonds. The van der Waals surface area contributed by atoms with Gasteiger partial charge in [0.25, 0.3) is 0 Å². The first-order valence-electron chi connectivity index (χ1n) is 6.47. The second kappa shape index (κ2) is 5.45. The Kier molecular flexibility index (Phi) is 3.90. The highest BCUT2D eigenvalue weighted by Gasteiger charge is 2.27. The molecule has 0 aliphatic rings. The Morgan fingerprint density at radius 3 is 2.84 bits per heavy atom. The topological polar surface area (TPSA) is 47.3 Å². The maximum absolute atomic E-state index is 10.7. The van der Waals surface area contributed by atoms with E-state index in [1.807, 2.05) is 35.1 Å². The molecule has 0 radical (unpaired) electrons. The van der Waals surface area contributed by atoms with Crippen LogP contribution in [0.2, 0.25) is 0 Å². The lowest BCUT2D eigenvalue weighted by Crippen LogP contribution is -2.22. The molecule has 1 aromatic heterocycles. The number of ether oxygens (including phenoxy) is 1. The zero-order chi connectivity index (χ0) is 13.9. The molecule has 4 heteroatoms. The summed E-state index contributed by atoms with van der Waals surface area (Å²) in [5.41, 5.74) is 0.512. The SMILES string of the molecule is CCCn1cc(C(C)(O)c2cccc(OC)c2)cn1. The second-order valence-corrected chi connectivity index (χ2v) is 4.80. The maximum atomic E-state index is 10.7. The van der Waals surface area contributed by atoms with E-state index in [4.69, 9.17) is 4.74 Å². The van der Waals surface area contributed by atoms with E-state index in [-0.39, 0.29) is 0 Å². The molecule has 2 aromatic rings. The predicted molar refractivity (Wildman–Crippen MR) is 74.2 cm³/mol. The van der Waals surface area contributed by atoms with Gasteiger partial charge in [-0.3, -0.25) is 4.68 Å². The lowest BCUT2D eigenvalue weighted by molar-refractivity contribution is 0.102. The molecule has 0 fully saturated rings. The number of aromatic nitrogens is 2. The van der Waals surface area contributed by atoms with Crippen LogP contribution in [0.1, 0.15) is 31.4 Å². The first-order chi connectivity index (χ1) is 9.07. The predicted octanol–water partition coefficient (Wildman–Crippen LogP) is 2.56. The van der Waals surface area contributed by atoms with E-state index in [0.717, 1.165) is 29.8 Å². The van der Waals surface area contributed by atoms with Gasteiger partial charge in [0.2, 0.25) is 0 Å². The zero-order valence-electron chi connectivity index (χ0n) is 11.6. The van der Waals surface area contributed by atoms with Crippen LogP contribution in [0.25, 0.3) is 0 Å². The summed E-state index contributed by atoms with van der Waals surface area (Å²) in [4.78, 5) is 0. The number of methoxy groups -OCH3 is 1. The summed E-state index contributed by atoms with van der Waals surface area (Å²) in [5, 5.41) is 15.0. The molecule has 19 heavy (non-hydrogen) atoms. The second-order valence-electron chi connectivity index (χ2n) is 4.80. The van der Waals surface area contributed by atoms with Crippen LogP contribution >= 0.6 is 0 Å². The van der Waals surface area contributed by atoms with Crippen molar-refractivity contribution in [3.05, 3.63) is 47.8 Å². The number of hydrogen-bond acceptors (Lipinski definition) is 3. The van der Waals surface area contributed by atoms with Crippen LogP contribution in [-0.2, 0) is 12.1 Å². The smallest absolute Gasteiger partial charge is 0.119 e. The van der Waals surface area contributed by atoms with Gasteiger partial charge in [-0.25, -0.2) is 0 Å². The molecule has 1 N–H and O–H groups in total. The van der Waals surface area contributed by atoms with Crippen molar-refractivity contribution in [2.75, 3.05) is 7.11 Å². The third-order valence-electron chi connectivity index (χ3n) is 3.28. The van der Waals surface area contributed by atoms with Crippen molar-refractivity contribution in [1.29, 1.82) is 0 Å². The molecule has 0 aliphatic heterocycles. The molecular formula is C15H20N2O2. The fourth-order valence-corrected chi connectivity index (χ4v) is 2.06. The zero-order valence-corrected chi connectivity index (χ0v) is 11.6. The van der Waals surface area contributed by atoms with Crippen molar-refractivity contribution in [2.24, 2.45) is 0 Å². The van der Waals surface area contributed by atoms with Crippen molar-refractivity contribution in [2.45, 2.75) is 32.4 Å². The molecule has 1 heterocycles. The summed E-state index contributed by atoms with van der Waals surface area (Å²) in [6, 6.07) is 7.47. The summed E-state index contributed by atoms with van der Waals surface area (Å²) in [6.07, 6.45) is 4.63. The van der Waals surface area contributed by atoms with Crippen molar-refractivity contribution in [1.82, 2.24) is 9.78 Å². The molecule has 4 nitrogen and oxygen atoms in total. The van der Waals surface area contributed by atoms with Crippen LogP contribution in [0.15, 0.2) is 36.7 Å². The van der Waals surface area contributed by atoms with E-state index in [1.54, 1.807) is 20.2 Å². The lowest BCUT2D eigenvalue weighted by Gasteiger charge is -2.22. The van der Waals surface area contributed by atoms with Crippen LogP contribution in [0, 0.1) is 0 Å². The minimum Gasteiger partial charge on any atom is -0.497 e. The highest BCUT2D eigenvalue weighted by molar-refractivity contribution is 5.37. The molecule has 0 aliphatic carbocycles. The lowest BCUT2D eigenvalue weighted by atomic mass is 9.90. The van der Waals surface area contributed by atoms with Gasteiger partial charge in [-0.2, -0.15) is 5.10 Å². The summed E-state index contributed by atoms with van der Waals surface area (Å²) in [5.74, 6) is 0.735. The minimum atomic E-state index is -1.07. The van der Waals surface area contributed by atoms with Gasteiger partial charge in [0, 0.05) is 18.3 Å². The highest BCUT2D eigenvalue weighted by Crippen LogP contribution is 2.30. The molecule has 0 saturated carbocycles. The van der Waals surface area contributed by atoms with E-state index in [1.165, 1.54) is 0 Å². The van der Waals surface area contributed by atoms with Crippen LogP contribution < -0.4 is 4.74 Å². The first-order valence-corrected chi connectivity index (χ1v) is 6.47. The van der Waals surface area contributed by atoms with Gasteiger partial charge in [-0.15, -0.1) is 0 Å². The average molecular weight is 260 g/mol. The van der Waals surface area contributed by atoms with Gasteiger partial charge < -0.3 is 9.84 Å². The third-order valence-corrected chi connectivity index (χ3v) is 3.28. The monoisotopic (exact) mass is 260 g/mol. The number of aryl methyl sites for hydroxylation is 1. The molecule has 2 rings (SSSR count). The summed E-state index contributed by atoms with van der Waals surface area (Å²) in [7, 11) is 1.62. The van der Waals surface area contributed by atoms with Crippen molar-refractivity contribution >= 4 is 0 Å². The highest BCUT2D eigenvalue weighted by atomic mass is 16.5. The van der Waals surface area contributed by atoms with Gasteiger partial charge >= 0.3 is 0 Å². The van der Waals surface area contributed by atoms with Gasteiger partial charge in [-0.05, 0) is 31.0 Å². The fraction of sp³-hybridized carbons (Fsp3) is 0.400.